The van der Waals surface area contributed by atoms with E-state index in [4.69, 9.17) is 5.73 Å². The van der Waals surface area contributed by atoms with Crippen LogP contribution < -0.4 is 5.73 Å². The fourth-order valence-corrected chi connectivity index (χ4v) is 1.37. The Labute approximate surface area is 73.9 Å². The molecule has 0 spiro atoms. The van der Waals surface area contributed by atoms with E-state index in [2.05, 4.69) is 0 Å². The van der Waals surface area contributed by atoms with E-state index in [1.165, 1.54) is 0 Å². The second-order valence-corrected chi connectivity index (χ2v) is 3.37. The predicted molar refractivity (Wildman–Crippen MR) is 48.7 cm³/mol. The van der Waals surface area contributed by atoms with Gasteiger partial charge in [-0.3, -0.25) is 4.79 Å². The molecule has 0 aromatic rings. The molecule has 0 unspecified atom stereocenters. The third-order valence-electron chi connectivity index (χ3n) is 2.37. The van der Waals surface area contributed by atoms with Crippen molar-refractivity contribution < 1.29 is 4.79 Å². The van der Waals surface area contributed by atoms with Gasteiger partial charge < -0.3 is 10.6 Å². The quantitative estimate of drug-likeness (QED) is 0.676. The molecule has 0 aromatic heterocycles. The maximum absolute atomic E-state index is 11.6. The van der Waals surface area contributed by atoms with Crippen molar-refractivity contribution in [2.24, 2.45) is 5.73 Å². The summed E-state index contributed by atoms with van der Waals surface area (Å²) in [5.41, 5.74) is 5.67. The molecule has 1 aliphatic rings. The molecule has 0 saturated heterocycles. The van der Waals surface area contributed by atoms with Crippen LogP contribution in [-0.4, -0.2) is 29.4 Å². The number of rotatable bonds is 4. The Bertz CT molecular complexity index is 166. The highest BCUT2D eigenvalue weighted by atomic mass is 16.2. The Morgan fingerprint density at radius 3 is 2.50 bits per heavy atom. The maximum atomic E-state index is 11.6. The fraction of sp³-hybridized carbons (Fsp3) is 0.889. The van der Waals surface area contributed by atoms with Crippen LogP contribution in [0.1, 0.15) is 33.1 Å². The van der Waals surface area contributed by atoms with Gasteiger partial charge in [-0.1, -0.05) is 6.92 Å². The summed E-state index contributed by atoms with van der Waals surface area (Å²) in [6, 6.07) is 0.214. The summed E-state index contributed by atoms with van der Waals surface area (Å²) >= 11 is 0. The molecule has 1 saturated carbocycles. The minimum Gasteiger partial charge on any atom is -0.339 e. The van der Waals surface area contributed by atoms with E-state index in [-0.39, 0.29) is 11.9 Å². The molecule has 1 rings (SSSR count). The van der Waals surface area contributed by atoms with Crippen LogP contribution in [0.5, 0.6) is 0 Å². The molecule has 2 N–H and O–H groups in total. The number of hydrogen-bond acceptors (Lipinski definition) is 2. The van der Waals surface area contributed by atoms with Gasteiger partial charge in [-0.25, -0.2) is 0 Å². The van der Waals surface area contributed by atoms with E-state index in [9.17, 15) is 4.79 Å². The topological polar surface area (TPSA) is 46.3 Å². The minimum absolute atomic E-state index is 0.127. The van der Waals surface area contributed by atoms with E-state index in [1.54, 1.807) is 0 Å². The molecule has 1 fully saturated rings. The van der Waals surface area contributed by atoms with Crippen molar-refractivity contribution in [1.82, 2.24) is 4.90 Å². The second kappa shape index (κ2) is 3.90. The zero-order valence-electron chi connectivity index (χ0n) is 7.92. The third-order valence-corrected chi connectivity index (χ3v) is 2.37. The van der Waals surface area contributed by atoms with E-state index in [1.807, 2.05) is 18.7 Å². The first-order chi connectivity index (χ1) is 5.70. The van der Waals surface area contributed by atoms with Crippen LogP contribution in [0, 0.1) is 0 Å². The van der Waals surface area contributed by atoms with E-state index in [0.717, 1.165) is 25.8 Å². The highest BCUT2D eigenvalue weighted by Crippen LogP contribution is 2.26. The average Bonchev–Trinajstić information content (AvgIpc) is 2.88. The zero-order valence-corrected chi connectivity index (χ0v) is 7.92. The number of nitrogens with zero attached hydrogens (tertiary/aromatic N) is 1. The number of nitrogens with two attached hydrogens (primary N) is 1. The summed E-state index contributed by atoms with van der Waals surface area (Å²) in [6.07, 6.45) is 3.06. The third kappa shape index (κ3) is 1.97. The lowest BCUT2D eigenvalue weighted by Gasteiger charge is -2.23. The van der Waals surface area contributed by atoms with Crippen LogP contribution in [0.15, 0.2) is 0 Å². The van der Waals surface area contributed by atoms with Gasteiger partial charge in [0, 0.05) is 12.6 Å². The molecule has 3 nitrogen and oxygen atoms in total. The molecular weight excluding hydrogens is 152 g/mol. The first-order valence-corrected chi connectivity index (χ1v) is 4.76. The lowest BCUT2D eigenvalue weighted by atomic mass is 10.2. The molecule has 1 atom stereocenters. The van der Waals surface area contributed by atoms with Crippen molar-refractivity contribution in [3.63, 3.8) is 0 Å². The van der Waals surface area contributed by atoms with Gasteiger partial charge in [0.15, 0.2) is 0 Å². The number of amides is 1. The van der Waals surface area contributed by atoms with Crippen LogP contribution in [0.25, 0.3) is 0 Å². The van der Waals surface area contributed by atoms with Crippen LogP contribution >= 0.6 is 0 Å². The predicted octanol–water partition coefficient (Wildman–Crippen LogP) is 0.735. The molecular formula is C9H18N2O. The van der Waals surface area contributed by atoms with Gasteiger partial charge in [0.25, 0.3) is 0 Å². The van der Waals surface area contributed by atoms with E-state index >= 15 is 0 Å². The van der Waals surface area contributed by atoms with Crippen molar-refractivity contribution in [2.45, 2.75) is 45.2 Å². The van der Waals surface area contributed by atoms with Crippen LogP contribution in [0.3, 0.4) is 0 Å². The molecule has 0 aromatic carbocycles. The Kier molecular flexibility index (Phi) is 3.09. The highest BCUT2D eigenvalue weighted by Gasteiger charge is 2.32. The number of carbonyl (C=O) groups is 1. The normalized spacial score (nSPS) is 18.9. The molecule has 1 amide bonds. The van der Waals surface area contributed by atoms with Crippen molar-refractivity contribution >= 4 is 5.91 Å². The summed E-state index contributed by atoms with van der Waals surface area (Å²) in [6.45, 7) is 4.76. The summed E-state index contributed by atoms with van der Waals surface area (Å²) in [5.74, 6) is 0.127. The fourth-order valence-electron chi connectivity index (χ4n) is 1.37. The lowest BCUT2D eigenvalue weighted by molar-refractivity contribution is -0.133. The van der Waals surface area contributed by atoms with Crippen molar-refractivity contribution in [3.05, 3.63) is 0 Å². The summed E-state index contributed by atoms with van der Waals surface area (Å²) < 4.78 is 0. The average molecular weight is 170 g/mol. The molecule has 0 heterocycles. The number of likely N-dealkylation sites (N-methyl/N-ethyl adjacent to an activating group) is 1. The second-order valence-electron chi connectivity index (χ2n) is 3.37. The largest absolute Gasteiger partial charge is 0.339 e. The standard InChI is InChI=1S/C9H18N2O/c1-3-8(10)9(12)11(4-2)7-5-6-7/h7-8H,3-6,10H2,1-2H3/t8-/m0/s1. The Balaban J connectivity index is 2.46. The molecule has 0 radical (unpaired) electrons. The Morgan fingerprint density at radius 1 is 1.58 bits per heavy atom. The van der Waals surface area contributed by atoms with Gasteiger partial charge in [-0.05, 0) is 26.2 Å². The van der Waals surface area contributed by atoms with Crippen molar-refractivity contribution in [3.8, 4) is 0 Å². The van der Waals surface area contributed by atoms with Crippen molar-refractivity contribution in [1.29, 1.82) is 0 Å². The van der Waals surface area contributed by atoms with Gasteiger partial charge in [0.1, 0.15) is 0 Å². The molecule has 70 valence electrons. The molecule has 0 bridgehead atoms. The SMILES string of the molecule is CC[C@H](N)C(=O)N(CC)C1CC1. The van der Waals surface area contributed by atoms with E-state index < -0.39 is 0 Å². The number of carbonyl (C=O) groups excluding carboxylic acids is 1. The smallest absolute Gasteiger partial charge is 0.239 e. The summed E-state index contributed by atoms with van der Waals surface area (Å²) in [5, 5.41) is 0. The van der Waals surface area contributed by atoms with Crippen LogP contribution in [-0.2, 0) is 4.79 Å². The maximum Gasteiger partial charge on any atom is 0.239 e. The molecule has 3 heteroatoms. The summed E-state index contributed by atoms with van der Waals surface area (Å²) in [7, 11) is 0. The molecule has 0 aliphatic heterocycles. The Hall–Kier alpha value is -0.570. The lowest BCUT2D eigenvalue weighted by Crippen LogP contribution is -2.44. The molecule has 1 aliphatic carbocycles. The zero-order chi connectivity index (χ0) is 9.14. The Morgan fingerprint density at radius 2 is 2.17 bits per heavy atom. The van der Waals surface area contributed by atoms with Crippen LogP contribution in [0.2, 0.25) is 0 Å². The van der Waals surface area contributed by atoms with Crippen LogP contribution in [0.4, 0.5) is 0 Å². The highest BCUT2D eigenvalue weighted by molar-refractivity contribution is 5.82. The summed E-state index contributed by atoms with van der Waals surface area (Å²) in [4.78, 5) is 13.5. The minimum atomic E-state index is -0.287. The monoisotopic (exact) mass is 170 g/mol. The van der Waals surface area contributed by atoms with Gasteiger partial charge in [-0.15, -0.1) is 0 Å². The first kappa shape index (κ1) is 9.52. The van der Waals surface area contributed by atoms with Gasteiger partial charge in [0.05, 0.1) is 6.04 Å². The number of hydrogen-bond donors (Lipinski definition) is 1. The van der Waals surface area contributed by atoms with Gasteiger partial charge in [-0.2, -0.15) is 0 Å². The molecule has 12 heavy (non-hydrogen) atoms. The first-order valence-electron chi connectivity index (χ1n) is 4.76. The van der Waals surface area contributed by atoms with Gasteiger partial charge in [0.2, 0.25) is 5.91 Å². The van der Waals surface area contributed by atoms with Crippen molar-refractivity contribution in [2.75, 3.05) is 6.54 Å². The van der Waals surface area contributed by atoms with Gasteiger partial charge >= 0.3 is 0 Å². The van der Waals surface area contributed by atoms with E-state index in [0.29, 0.717) is 6.04 Å².